The van der Waals surface area contributed by atoms with E-state index in [0.717, 1.165) is 12.1 Å². The van der Waals surface area contributed by atoms with Crippen LogP contribution in [0.4, 0.5) is 18.9 Å². The van der Waals surface area contributed by atoms with Gasteiger partial charge in [-0.2, -0.15) is 13.2 Å². The van der Waals surface area contributed by atoms with Crippen LogP contribution >= 0.6 is 0 Å². The monoisotopic (exact) mass is 356 g/mol. The molecule has 1 aliphatic heterocycles. The minimum absolute atomic E-state index is 0.0448. The van der Waals surface area contributed by atoms with Gasteiger partial charge in [0.1, 0.15) is 11.6 Å². The van der Waals surface area contributed by atoms with Crippen molar-refractivity contribution < 1.29 is 26.4 Å². The summed E-state index contributed by atoms with van der Waals surface area (Å²) < 4.78 is 63.3. The van der Waals surface area contributed by atoms with Crippen LogP contribution in [0.5, 0.6) is 0 Å². The van der Waals surface area contributed by atoms with Crippen LogP contribution in [-0.4, -0.2) is 25.3 Å². The highest BCUT2D eigenvalue weighted by molar-refractivity contribution is 7.90. The van der Waals surface area contributed by atoms with Gasteiger partial charge in [-0.15, -0.1) is 0 Å². The topological polar surface area (TPSA) is 66.5 Å². The third-order valence-electron chi connectivity index (χ3n) is 3.53. The Kier molecular flexibility index (Phi) is 3.75. The fourth-order valence-corrected chi connectivity index (χ4v) is 3.83. The lowest BCUT2D eigenvalue weighted by Crippen LogP contribution is -2.34. The van der Waals surface area contributed by atoms with E-state index in [4.69, 9.17) is 0 Å². The van der Waals surface area contributed by atoms with Crippen molar-refractivity contribution in [2.24, 2.45) is 0 Å². The summed E-state index contributed by atoms with van der Waals surface area (Å²) in [6.07, 6.45) is -4.51. The quantitative estimate of drug-likeness (QED) is 0.918. The molecule has 0 spiro atoms. The Labute approximate surface area is 135 Å². The van der Waals surface area contributed by atoms with E-state index in [9.17, 15) is 26.4 Å². The minimum atomic E-state index is -4.51. The van der Waals surface area contributed by atoms with Crippen LogP contribution in [0.25, 0.3) is 0 Å². The summed E-state index contributed by atoms with van der Waals surface area (Å²) in [5, 5.41) is 2.55. The minimum Gasteiger partial charge on any atom is -0.367 e. The lowest BCUT2D eigenvalue weighted by molar-refractivity contribution is -0.137. The van der Waals surface area contributed by atoms with Crippen molar-refractivity contribution in [3.63, 3.8) is 0 Å². The molecule has 0 aromatic heterocycles. The smallest absolute Gasteiger partial charge is 0.367 e. The van der Waals surface area contributed by atoms with E-state index in [2.05, 4.69) is 5.32 Å². The first kappa shape index (κ1) is 16.3. The molecule has 1 N–H and O–H groups in total. The van der Waals surface area contributed by atoms with E-state index in [0.29, 0.717) is 4.31 Å². The number of carbonyl (C=O) groups excluding carboxylic acids is 1. The normalized spacial score (nSPS) is 16.1. The highest BCUT2D eigenvalue weighted by Gasteiger charge is 2.40. The van der Waals surface area contributed by atoms with Gasteiger partial charge in [0.2, 0.25) is 0 Å². The Morgan fingerprint density at radius 3 is 2.42 bits per heavy atom. The second-order valence-corrected chi connectivity index (χ2v) is 6.90. The summed E-state index contributed by atoms with van der Waals surface area (Å²) in [4.78, 5) is 12.1. The van der Waals surface area contributed by atoms with E-state index in [1.807, 2.05) is 0 Å². The van der Waals surface area contributed by atoms with Crippen molar-refractivity contribution in [2.75, 3.05) is 12.0 Å². The predicted octanol–water partition coefficient (Wildman–Crippen LogP) is 2.92. The maximum atomic E-state index is 12.7. The molecule has 0 bridgehead atoms. The van der Waals surface area contributed by atoms with Gasteiger partial charge in [-0.3, -0.25) is 4.79 Å². The molecule has 2 aromatic carbocycles. The van der Waals surface area contributed by atoms with Crippen LogP contribution in [0.3, 0.4) is 0 Å². The van der Waals surface area contributed by atoms with E-state index < -0.39 is 34.3 Å². The Bertz CT molecular complexity index is 910. The number of alkyl halides is 3. The number of fused-ring (bicyclic) bond motifs is 1. The predicted molar refractivity (Wildman–Crippen MR) is 79.7 cm³/mol. The lowest BCUT2D eigenvalue weighted by atomic mass is 10.2. The maximum absolute atomic E-state index is 12.7. The van der Waals surface area contributed by atoms with E-state index >= 15 is 0 Å². The van der Waals surface area contributed by atoms with Gasteiger partial charge in [-0.1, -0.05) is 18.2 Å². The third kappa shape index (κ3) is 2.71. The number of amides is 1. The van der Waals surface area contributed by atoms with Gasteiger partial charge < -0.3 is 5.32 Å². The Hall–Kier alpha value is -2.55. The molecule has 3 rings (SSSR count). The molecule has 1 aliphatic rings. The number of rotatable bonds is 3. The van der Waals surface area contributed by atoms with Gasteiger partial charge >= 0.3 is 6.18 Å². The third-order valence-corrected chi connectivity index (χ3v) is 5.32. The van der Waals surface area contributed by atoms with Crippen molar-refractivity contribution in [1.29, 1.82) is 0 Å². The first-order valence-electron chi connectivity index (χ1n) is 6.78. The van der Waals surface area contributed by atoms with E-state index in [1.165, 1.54) is 36.4 Å². The van der Waals surface area contributed by atoms with E-state index in [1.54, 1.807) is 0 Å². The average Bonchev–Trinajstić information content (AvgIpc) is 2.72. The molecule has 0 saturated carbocycles. The molecule has 0 saturated heterocycles. The standard InChI is InChI=1S/C15H11F3N2O3S/c16-15(17,18)10-4-3-5-11(8-10)19-9-20-14(21)12-6-1-2-7-13(12)24(20,22)23/h1-8,19H,9H2. The van der Waals surface area contributed by atoms with Crippen molar-refractivity contribution in [3.8, 4) is 0 Å². The highest BCUT2D eigenvalue weighted by Crippen LogP contribution is 2.32. The molecule has 24 heavy (non-hydrogen) atoms. The summed E-state index contributed by atoms with van der Waals surface area (Å²) in [5.74, 6) is -0.718. The number of halogens is 3. The van der Waals surface area contributed by atoms with Crippen molar-refractivity contribution in [3.05, 3.63) is 59.7 Å². The molecule has 126 valence electrons. The molecule has 0 unspecified atom stereocenters. The largest absolute Gasteiger partial charge is 0.416 e. The zero-order valence-corrected chi connectivity index (χ0v) is 12.9. The fourth-order valence-electron chi connectivity index (χ4n) is 2.36. The first-order chi connectivity index (χ1) is 11.2. The summed E-state index contributed by atoms with van der Waals surface area (Å²) in [5.41, 5.74) is -0.765. The molecule has 1 heterocycles. The van der Waals surface area contributed by atoms with Crippen LogP contribution in [0, 0.1) is 0 Å². The molecule has 5 nitrogen and oxygen atoms in total. The number of nitrogens with one attached hydrogen (secondary N) is 1. The SMILES string of the molecule is O=C1c2ccccc2S(=O)(=O)N1CNc1cccc(C(F)(F)F)c1. The molecular formula is C15H11F3N2O3S. The van der Waals surface area contributed by atoms with Gasteiger partial charge in [0, 0.05) is 5.69 Å². The van der Waals surface area contributed by atoms with Crippen molar-refractivity contribution >= 4 is 21.6 Å². The molecule has 0 atom stereocenters. The van der Waals surface area contributed by atoms with Gasteiger partial charge in [0.25, 0.3) is 15.9 Å². The summed E-state index contributed by atoms with van der Waals surface area (Å²) in [6, 6.07) is 10.0. The number of hydrogen-bond acceptors (Lipinski definition) is 4. The van der Waals surface area contributed by atoms with Crippen LogP contribution in [0.1, 0.15) is 15.9 Å². The number of hydrogen-bond donors (Lipinski definition) is 1. The highest BCUT2D eigenvalue weighted by atomic mass is 32.2. The van der Waals surface area contributed by atoms with Crippen molar-refractivity contribution in [2.45, 2.75) is 11.1 Å². The number of carbonyl (C=O) groups is 1. The van der Waals surface area contributed by atoms with Crippen molar-refractivity contribution in [1.82, 2.24) is 4.31 Å². The number of benzene rings is 2. The fraction of sp³-hybridized carbons (Fsp3) is 0.133. The van der Waals surface area contributed by atoms with Gasteiger partial charge in [-0.25, -0.2) is 12.7 Å². The van der Waals surface area contributed by atoms with Gasteiger partial charge in [0.15, 0.2) is 0 Å². The summed E-state index contributed by atoms with van der Waals surface area (Å²) in [7, 11) is -4.01. The summed E-state index contributed by atoms with van der Waals surface area (Å²) >= 11 is 0. The second-order valence-electron chi connectivity index (χ2n) is 5.07. The molecule has 0 radical (unpaired) electrons. The van der Waals surface area contributed by atoms with Crippen LogP contribution in [0.2, 0.25) is 0 Å². The van der Waals surface area contributed by atoms with E-state index in [-0.39, 0.29) is 16.1 Å². The molecule has 1 amide bonds. The van der Waals surface area contributed by atoms with Gasteiger partial charge in [-0.05, 0) is 30.3 Å². The maximum Gasteiger partial charge on any atom is 0.416 e. The number of sulfonamides is 1. The Morgan fingerprint density at radius 1 is 1.04 bits per heavy atom. The average molecular weight is 356 g/mol. The molecule has 0 fully saturated rings. The second kappa shape index (κ2) is 5.52. The summed E-state index contributed by atoms with van der Waals surface area (Å²) in [6.45, 7) is -0.461. The number of anilines is 1. The Morgan fingerprint density at radius 2 is 1.75 bits per heavy atom. The zero-order chi connectivity index (χ0) is 17.5. The zero-order valence-electron chi connectivity index (χ0n) is 12.0. The molecular weight excluding hydrogens is 345 g/mol. The molecule has 2 aromatic rings. The Balaban J connectivity index is 1.83. The molecule has 9 heteroatoms. The lowest BCUT2D eigenvalue weighted by Gasteiger charge is -2.17. The molecule has 0 aliphatic carbocycles. The van der Waals surface area contributed by atoms with Gasteiger partial charge in [0.05, 0.1) is 11.1 Å². The van der Waals surface area contributed by atoms with Crippen LogP contribution in [0.15, 0.2) is 53.4 Å². The first-order valence-corrected chi connectivity index (χ1v) is 8.22. The van der Waals surface area contributed by atoms with Crippen LogP contribution < -0.4 is 5.32 Å². The van der Waals surface area contributed by atoms with Crippen LogP contribution in [-0.2, 0) is 16.2 Å². The number of nitrogens with zero attached hydrogens (tertiary/aromatic N) is 1.